The van der Waals surface area contributed by atoms with Crippen LogP contribution in [0.4, 0.5) is 5.69 Å². The summed E-state index contributed by atoms with van der Waals surface area (Å²) < 4.78 is 0. The SMILES string of the molecule is CC(C)C1NC(=O)CCN(c2cccnc2)C1=O. The van der Waals surface area contributed by atoms with Gasteiger partial charge in [0, 0.05) is 19.2 Å². The van der Waals surface area contributed by atoms with Crippen molar-refractivity contribution >= 4 is 17.5 Å². The topological polar surface area (TPSA) is 62.3 Å². The Balaban J connectivity index is 2.30. The van der Waals surface area contributed by atoms with Crippen LogP contribution in [0.25, 0.3) is 0 Å². The minimum Gasteiger partial charge on any atom is -0.344 e. The summed E-state index contributed by atoms with van der Waals surface area (Å²) >= 11 is 0. The number of nitrogens with zero attached hydrogens (tertiary/aromatic N) is 2. The van der Waals surface area contributed by atoms with E-state index in [0.29, 0.717) is 13.0 Å². The number of amides is 2. The lowest BCUT2D eigenvalue weighted by Gasteiger charge is -2.25. The molecule has 2 rings (SSSR count). The lowest BCUT2D eigenvalue weighted by Crippen LogP contribution is -2.47. The van der Waals surface area contributed by atoms with Crippen LogP contribution in [0.15, 0.2) is 24.5 Å². The highest BCUT2D eigenvalue weighted by atomic mass is 16.2. The fourth-order valence-corrected chi connectivity index (χ4v) is 2.02. The van der Waals surface area contributed by atoms with Crippen LogP contribution in [0, 0.1) is 5.92 Å². The first-order valence-electron chi connectivity index (χ1n) is 6.10. The molecule has 1 aromatic rings. The molecule has 0 aromatic carbocycles. The smallest absolute Gasteiger partial charge is 0.249 e. The highest BCUT2D eigenvalue weighted by Gasteiger charge is 2.32. The quantitative estimate of drug-likeness (QED) is 0.846. The van der Waals surface area contributed by atoms with Gasteiger partial charge in [-0.2, -0.15) is 0 Å². The van der Waals surface area contributed by atoms with Gasteiger partial charge in [0.15, 0.2) is 0 Å². The number of carbonyl (C=O) groups excluding carboxylic acids is 2. The van der Waals surface area contributed by atoms with Crippen molar-refractivity contribution in [1.82, 2.24) is 10.3 Å². The molecule has 1 aliphatic rings. The Morgan fingerprint density at radius 3 is 2.83 bits per heavy atom. The summed E-state index contributed by atoms with van der Waals surface area (Å²) in [5.41, 5.74) is 0.740. The van der Waals surface area contributed by atoms with Gasteiger partial charge >= 0.3 is 0 Å². The van der Waals surface area contributed by atoms with Crippen molar-refractivity contribution in [2.75, 3.05) is 11.4 Å². The van der Waals surface area contributed by atoms with E-state index in [-0.39, 0.29) is 17.7 Å². The van der Waals surface area contributed by atoms with Gasteiger partial charge in [0.1, 0.15) is 6.04 Å². The van der Waals surface area contributed by atoms with Crippen LogP contribution in [0.2, 0.25) is 0 Å². The molecular formula is C13H17N3O2. The average Bonchev–Trinajstić information content (AvgIpc) is 2.50. The van der Waals surface area contributed by atoms with Crippen molar-refractivity contribution in [2.24, 2.45) is 5.92 Å². The molecule has 0 saturated carbocycles. The van der Waals surface area contributed by atoms with Crippen LogP contribution >= 0.6 is 0 Å². The Hall–Kier alpha value is -1.91. The first-order valence-corrected chi connectivity index (χ1v) is 6.10. The predicted octanol–water partition coefficient (Wildman–Crippen LogP) is 0.959. The Labute approximate surface area is 106 Å². The second-order valence-corrected chi connectivity index (χ2v) is 4.74. The summed E-state index contributed by atoms with van der Waals surface area (Å²) in [6.07, 6.45) is 3.63. The summed E-state index contributed by atoms with van der Waals surface area (Å²) in [5, 5.41) is 2.78. The summed E-state index contributed by atoms with van der Waals surface area (Å²) in [6.45, 7) is 4.25. The fraction of sp³-hybridized carbons (Fsp3) is 0.462. The number of aromatic nitrogens is 1. The number of hydrogen-bond acceptors (Lipinski definition) is 3. The normalized spacial score (nSPS) is 20.8. The molecule has 18 heavy (non-hydrogen) atoms. The van der Waals surface area contributed by atoms with E-state index in [2.05, 4.69) is 10.3 Å². The highest BCUT2D eigenvalue weighted by Crippen LogP contribution is 2.18. The Morgan fingerprint density at radius 2 is 2.22 bits per heavy atom. The van der Waals surface area contributed by atoms with E-state index in [1.165, 1.54) is 0 Å². The molecule has 5 nitrogen and oxygen atoms in total. The summed E-state index contributed by atoms with van der Waals surface area (Å²) in [7, 11) is 0. The van der Waals surface area contributed by atoms with Gasteiger partial charge in [-0.25, -0.2) is 0 Å². The maximum Gasteiger partial charge on any atom is 0.249 e. The monoisotopic (exact) mass is 247 g/mol. The van der Waals surface area contributed by atoms with Crippen molar-refractivity contribution < 1.29 is 9.59 Å². The zero-order valence-corrected chi connectivity index (χ0v) is 10.6. The number of pyridine rings is 1. The maximum atomic E-state index is 12.4. The number of carbonyl (C=O) groups is 2. The average molecular weight is 247 g/mol. The third-order valence-electron chi connectivity index (χ3n) is 3.04. The second kappa shape index (κ2) is 5.16. The highest BCUT2D eigenvalue weighted by molar-refractivity contribution is 6.01. The van der Waals surface area contributed by atoms with Crippen LogP contribution in [0.5, 0.6) is 0 Å². The van der Waals surface area contributed by atoms with Gasteiger partial charge in [0.2, 0.25) is 11.8 Å². The molecule has 5 heteroatoms. The molecule has 1 aliphatic heterocycles. The van der Waals surface area contributed by atoms with Crippen LogP contribution < -0.4 is 10.2 Å². The molecule has 1 aromatic heterocycles. The lowest BCUT2D eigenvalue weighted by atomic mass is 10.0. The van der Waals surface area contributed by atoms with Crippen LogP contribution in [0.1, 0.15) is 20.3 Å². The van der Waals surface area contributed by atoms with Gasteiger partial charge < -0.3 is 10.2 Å². The van der Waals surface area contributed by atoms with E-state index < -0.39 is 6.04 Å². The molecule has 1 N–H and O–H groups in total. The van der Waals surface area contributed by atoms with Crippen LogP contribution in [-0.4, -0.2) is 29.4 Å². The van der Waals surface area contributed by atoms with Gasteiger partial charge in [-0.05, 0) is 18.1 Å². The van der Waals surface area contributed by atoms with Crippen molar-refractivity contribution in [3.63, 3.8) is 0 Å². The van der Waals surface area contributed by atoms with Gasteiger partial charge in [-0.15, -0.1) is 0 Å². The van der Waals surface area contributed by atoms with E-state index in [1.54, 1.807) is 23.4 Å². The number of rotatable bonds is 2. The molecule has 0 spiro atoms. The molecule has 96 valence electrons. The van der Waals surface area contributed by atoms with Gasteiger partial charge in [-0.1, -0.05) is 13.8 Å². The van der Waals surface area contributed by atoms with Gasteiger partial charge in [-0.3, -0.25) is 14.6 Å². The Kier molecular flexibility index (Phi) is 3.60. The maximum absolute atomic E-state index is 12.4. The molecule has 1 unspecified atom stereocenters. The molecule has 1 saturated heterocycles. The number of hydrogen-bond donors (Lipinski definition) is 1. The number of nitrogens with one attached hydrogen (secondary N) is 1. The van der Waals surface area contributed by atoms with E-state index in [9.17, 15) is 9.59 Å². The molecule has 1 fully saturated rings. The summed E-state index contributed by atoms with van der Waals surface area (Å²) in [6, 6.07) is 3.16. The third kappa shape index (κ3) is 2.50. The van der Waals surface area contributed by atoms with Crippen molar-refractivity contribution in [3.05, 3.63) is 24.5 Å². The summed E-state index contributed by atoms with van der Waals surface area (Å²) in [5.74, 6) is -0.0731. The third-order valence-corrected chi connectivity index (χ3v) is 3.04. The molecular weight excluding hydrogens is 230 g/mol. The first-order chi connectivity index (χ1) is 8.59. The summed E-state index contributed by atoms with van der Waals surface area (Å²) in [4.78, 5) is 29.7. The minimum absolute atomic E-state index is 0.0659. The molecule has 1 atom stereocenters. The fourth-order valence-electron chi connectivity index (χ4n) is 2.02. The van der Waals surface area contributed by atoms with Gasteiger partial charge in [0.25, 0.3) is 0 Å². The zero-order valence-electron chi connectivity index (χ0n) is 10.6. The van der Waals surface area contributed by atoms with E-state index in [4.69, 9.17) is 0 Å². The van der Waals surface area contributed by atoms with Crippen molar-refractivity contribution in [2.45, 2.75) is 26.3 Å². The van der Waals surface area contributed by atoms with Crippen LogP contribution in [0.3, 0.4) is 0 Å². The molecule has 0 radical (unpaired) electrons. The van der Waals surface area contributed by atoms with E-state index in [0.717, 1.165) is 5.69 Å². The Bertz CT molecular complexity index is 445. The predicted molar refractivity (Wildman–Crippen MR) is 68.0 cm³/mol. The van der Waals surface area contributed by atoms with Gasteiger partial charge in [0.05, 0.1) is 11.9 Å². The second-order valence-electron chi connectivity index (χ2n) is 4.74. The van der Waals surface area contributed by atoms with Crippen molar-refractivity contribution in [1.29, 1.82) is 0 Å². The number of anilines is 1. The standard InChI is InChI=1S/C13H17N3O2/c1-9(2)12-13(18)16(7-5-11(17)15-12)10-4-3-6-14-8-10/h3-4,6,8-9,12H,5,7H2,1-2H3,(H,15,17). The minimum atomic E-state index is -0.458. The van der Waals surface area contributed by atoms with Crippen LogP contribution in [-0.2, 0) is 9.59 Å². The Morgan fingerprint density at radius 1 is 1.44 bits per heavy atom. The van der Waals surface area contributed by atoms with E-state index >= 15 is 0 Å². The van der Waals surface area contributed by atoms with Crippen molar-refractivity contribution in [3.8, 4) is 0 Å². The van der Waals surface area contributed by atoms with E-state index in [1.807, 2.05) is 19.9 Å². The lowest BCUT2D eigenvalue weighted by molar-refractivity contribution is -0.126. The zero-order chi connectivity index (χ0) is 13.1. The molecule has 0 aliphatic carbocycles. The largest absolute Gasteiger partial charge is 0.344 e. The molecule has 2 amide bonds. The molecule has 2 heterocycles. The molecule has 0 bridgehead atoms. The first kappa shape index (κ1) is 12.5.